The highest BCUT2D eigenvalue weighted by molar-refractivity contribution is 8.00. The third kappa shape index (κ3) is 3.47. The summed E-state index contributed by atoms with van der Waals surface area (Å²) in [5, 5.41) is 0.632. The first-order valence-corrected chi connectivity index (χ1v) is 9.09. The molecule has 0 spiro atoms. The monoisotopic (exact) mass is 376 g/mol. The van der Waals surface area contributed by atoms with Crippen LogP contribution in [0.5, 0.6) is 0 Å². The van der Waals surface area contributed by atoms with Gasteiger partial charge >= 0.3 is 0 Å². The van der Waals surface area contributed by atoms with Gasteiger partial charge in [-0.2, -0.15) is 15.0 Å². The average molecular weight is 376 g/mol. The lowest BCUT2D eigenvalue weighted by Crippen LogP contribution is -2.11. The zero-order valence-electron chi connectivity index (χ0n) is 14.2. The van der Waals surface area contributed by atoms with Gasteiger partial charge in [0.1, 0.15) is 5.25 Å². The summed E-state index contributed by atoms with van der Waals surface area (Å²) in [6.07, 6.45) is 1.74. The first kappa shape index (κ1) is 17.0. The number of ketones is 1. The summed E-state index contributed by atoms with van der Waals surface area (Å²) in [7, 11) is 0. The van der Waals surface area contributed by atoms with Crippen molar-refractivity contribution in [1.82, 2.24) is 19.9 Å². The molecule has 0 fully saturated rings. The number of thioether (sulfide) groups is 1. The fourth-order valence-electron chi connectivity index (χ4n) is 2.86. The number of carbonyl (C=O) groups is 1. The van der Waals surface area contributed by atoms with E-state index < -0.39 is 5.25 Å². The molecule has 8 heteroatoms. The van der Waals surface area contributed by atoms with Gasteiger partial charge in [-0.25, -0.2) is 0 Å². The predicted molar refractivity (Wildman–Crippen MR) is 106 cm³/mol. The first-order valence-electron chi connectivity index (χ1n) is 8.21. The van der Waals surface area contributed by atoms with Gasteiger partial charge in [0.15, 0.2) is 10.9 Å². The van der Waals surface area contributed by atoms with E-state index >= 15 is 0 Å². The molecular weight excluding hydrogens is 360 g/mol. The van der Waals surface area contributed by atoms with Crippen molar-refractivity contribution in [3.63, 3.8) is 0 Å². The minimum Gasteiger partial charge on any atom is -0.368 e. The molecule has 7 nitrogen and oxygen atoms in total. The topological polar surface area (TPSA) is 124 Å². The van der Waals surface area contributed by atoms with Crippen LogP contribution in [0.1, 0.15) is 21.2 Å². The van der Waals surface area contributed by atoms with Crippen molar-refractivity contribution in [2.45, 2.75) is 10.4 Å². The molecule has 1 atom stereocenters. The van der Waals surface area contributed by atoms with Crippen LogP contribution in [0.25, 0.3) is 10.9 Å². The van der Waals surface area contributed by atoms with Crippen molar-refractivity contribution in [2.75, 3.05) is 11.5 Å². The van der Waals surface area contributed by atoms with Gasteiger partial charge < -0.3 is 16.5 Å². The van der Waals surface area contributed by atoms with Gasteiger partial charge in [0.05, 0.1) is 0 Å². The molecule has 0 amide bonds. The van der Waals surface area contributed by atoms with E-state index in [0.717, 1.165) is 16.5 Å². The summed E-state index contributed by atoms with van der Waals surface area (Å²) in [4.78, 5) is 28.6. The lowest BCUT2D eigenvalue weighted by molar-refractivity contribution is 0.0991. The van der Waals surface area contributed by atoms with Gasteiger partial charge in [0, 0.05) is 22.7 Å². The van der Waals surface area contributed by atoms with Crippen molar-refractivity contribution in [3.05, 3.63) is 71.9 Å². The molecule has 2 aromatic carbocycles. The smallest absolute Gasteiger partial charge is 0.225 e. The summed E-state index contributed by atoms with van der Waals surface area (Å²) >= 11 is 1.20. The van der Waals surface area contributed by atoms with Crippen LogP contribution in [0, 0.1) is 0 Å². The molecule has 0 saturated heterocycles. The maximum Gasteiger partial charge on any atom is 0.225 e. The fourth-order valence-corrected chi connectivity index (χ4v) is 3.89. The zero-order valence-corrected chi connectivity index (χ0v) is 15.0. The maximum atomic E-state index is 13.4. The highest BCUT2D eigenvalue weighted by Crippen LogP contribution is 2.37. The number of nitrogen functional groups attached to an aromatic ring is 2. The van der Waals surface area contributed by atoms with Gasteiger partial charge in [-0.15, -0.1) is 0 Å². The summed E-state index contributed by atoms with van der Waals surface area (Å²) in [6, 6.07) is 17.2. The van der Waals surface area contributed by atoms with E-state index in [0.29, 0.717) is 10.7 Å². The Balaban J connectivity index is 1.77. The van der Waals surface area contributed by atoms with E-state index in [2.05, 4.69) is 19.9 Å². The normalized spacial score (nSPS) is 12.1. The molecule has 134 valence electrons. The number of para-hydroxylation sites is 1. The number of aromatic nitrogens is 4. The number of nitrogens with zero attached hydrogens (tertiary/aromatic N) is 3. The number of nitrogens with two attached hydrogens (primary N) is 2. The lowest BCUT2D eigenvalue weighted by Gasteiger charge is -2.15. The molecule has 5 N–H and O–H groups in total. The molecule has 4 rings (SSSR count). The zero-order chi connectivity index (χ0) is 18.8. The summed E-state index contributed by atoms with van der Waals surface area (Å²) in [5.41, 5.74) is 13.7. The molecule has 0 saturated carbocycles. The number of H-pyrrole nitrogens is 1. The standard InChI is InChI=1S/C19H16N6OS/c20-17-23-18(21)25-19(24-17)27-16(11-6-2-1-3-7-11)15(26)13-10-22-14-9-5-4-8-12(13)14/h1-10,16,22H,(H4,20,21,23,24,25)/t16-/m1/s1. The molecule has 27 heavy (non-hydrogen) atoms. The van der Waals surface area contributed by atoms with Crippen LogP contribution in [0.3, 0.4) is 0 Å². The molecule has 0 aliphatic carbocycles. The van der Waals surface area contributed by atoms with Gasteiger partial charge in [-0.3, -0.25) is 4.79 Å². The largest absolute Gasteiger partial charge is 0.368 e. The van der Waals surface area contributed by atoms with E-state index in [-0.39, 0.29) is 17.7 Å². The Kier molecular flexibility index (Phi) is 4.47. The number of benzene rings is 2. The van der Waals surface area contributed by atoms with E-state index in [4.69, 9.17) is 11.5 Å². The van der Waals surface area contributed by atoms with Crippen molar-refractivity contribution in [2.24, 2.45) is 0 Å². The van der Waals surface area contributed by atoms with Crippen molar-refractivity contribution >= 4 is 40.3 Å². The maximum absolute atomic E-state index is 13.4. The van der Waals surface area contributed by atoms with Crippen LogP contribution in [0.15, 0.2) is 66.0 Å². The molecular formula is C19H16N6OS. The van der Waals surface area contributed by atoms with Crippen molar-refractivity contribution in [3.8, 4) is 0 Å². The average Bonchev–Trinajstić information content (AvgIpc) is 3.10. The summed E-state index contributed by atoms with van der Waals surface area (Å²) in [6.45, 7) is 0. The van der Waals surface area contributed by atoms with E-state index in [1.165, 1.54) is 11.8 Å². The van der Waals surface area contributed by atoms with Crippen LogP contribution >= 0.6 is 11.8 Å². The number of Topliss-reactive ketones (excluding diaryl/α,β-unsaturated/α-hetero) is 1. The number of nitrogens with one attached hydrogen (secondary N) is 1. The quantitative estimate of drug-likeness (QED) is 0.361. The Morgan fingerprint density at radius 1 is 0.926 bits per heavy atom. The predicted octanol–water partition coefficient (Wildman–Crippen LogP) is 3.23. The van der Waals surface area contributed by atoms with Crippen LogP contribution in [0.2, 0.25) is 0 Å². The first-order chi connectivity index (χ1) is 13.1. The minimum absolute atomic E-state index is 0.0244. The second kappa shape index (κ2) is 7.08. The van der Waals surface area contributed by atoms with Crippen molar-refractivity contribution in [1.29, 1.82) is 0 Å². The van der Waals surface area contributed by atoms with Crippen LogP contribution in [-0.4, -0.2) is 25.7 Å². The third-order valence-electron chi connectivity index (χ3n) is 4.07. The SMILES string of the molecule is Nc1nc(N)nc(S[C@@H](C(=O)c2c[nH]c3ccccc23)c2ccccc2)n1. The molecule has 4 aromatic rings. The Morgan fingerprint density at radius 3 is 2.33 bits per heavy atom. The third-order valence-corrected chi connectivity index (χ3v) is 5.18. The van der Waals surface area contributed by atoms with Crippen molar-refractivity contribution < 1.29 is 4.79 Å². The summed E-state index contributed by atoms with van der Waals surface area (Å²) < 4.78 is 0. The van der Waals surface area contributed by atoms with Gasteiger partial charge in [0.25, 0.3) is 0 Å². The molecule has 0 bridgehead atoms. The number of carbonyl (C=O) groups excluding carboxylic acids is 1. The number of fused-ring (bicyclic) bond motifs is 1. The Labute approximate surface area is 159 Å². The highest BCUT2D eigenvalue weighted by Gasteiger charge is 2.27. The number of aromatic amines is 1. The molecule has 0 radical (unpaired) electrons. The molecule has 0 aliphatic rings. The molecule has 2 heterocycles. The lowest BCUT2D eigenvalue weighted by atomic mass is 10.0. The Hall–Kier alpha value is -3.39. The van der Waals surface area contributed by atoms with Gasteiger partial charge in [-0.1, -0.05) is 60.3 Å². The molecule has 0 unspecified atom stereocenters. The van der Waals surface area contributed by atoms with Crippen LogP contribution < -0.4 is 11.5 Å². The summed E-state index contributed by atoms with van der Waals surface area (Å²) in [5.74, 6) is -0.00563. The Morgan fingerprint density at radius 2 is 1.59 bits per heavy atom. The van der Waals surface area contributed by atoms with E-state index in [1.807, 2.05) is 54.6 Å². The number of rotatable bonds is 5. The number of hydrogen-bond donors (Lipinski definition) is 3. The molecule has 0 aliphatic heterocycles. The number of hydrogen-bond acceptors (Lipinski definition) is 7. The Bertz CT molecular complexity index is 1090. The second-order valence-electron chi connectivity index (χ2n) is 5.86. The highest BCUT2D eigenvalue weighted by atomic mass is 32.2. The number of anilines is 2. The van der Waals surface area contributed by atoms with E-state index in [9.17, 15) is 4.79 Å². The van der Waals surface area contributed by atoms with Gasteiger partial charge in [0.2, 0.25) is 11.9 Å². The van der Waals surface area contributed by atoms with Gasteiger partial charge in [-0.05, 0) is 11.6 Å². The second-order valence-corrected chi connectivity index (χ2v) is 6.93. The van der Waals surface area contributed by atoms with E-state index in [1.54, 1.807) is 6.20 Å². The van der Waals surface area contributed by atoms with Crippen LogP contribution in [0.4, 0.5) is 11.9 Å². The molecule has 2 aromatic heterocycles. The van der Waals surface area contributed by atoms with Crippen LogP contribution in [-0.2, 0) is 0 Å². The fraction of sp³-hybridized carbons (Fsp3) is 0.0526. The minimum atomic E-state index is -0.549.